The topological polar surface area (TPSA) is 33.0 Å². The quantitative estimate of drug-likeness (QED) is 0.833. The molecule has 0 heterocycles. The molecule has 0 amide bonds. The Balaban J connectivity index is 2.00. The summed E-state index contributed by atoms with van der Waals surface area (Å²) in [5, 5.41) is 8.58. The molecule has 0 N–H and O–H groups in total. The van der Waals surface area contributed by atoms with Crippen molar-refractivity contribution in [3.8, 4) is 11.8 Å². The van der Waals surface area contributed by atoms with Crippen molar-refractivity contribution in [1.82, 2.24) is 0 Å². The molecule has 19 heavy (non-hydrogen) atoms. The molecule has 0 bridgehead atoms. The second-order valence-corrected chi connectivity index (χ2v) is 4.34. The van der Waals surface area contributed by atoms with E-state index >= 15 is 0 Å². The minimum absolute atomic E-state index is 0.234. The molecular weight excluding hydrogens is 241 g/mol. The monoisotopic (exact) mass is 255 g/mol. The fourth-order valence-corrected chi connectivity index (χ4v) is 1.78. The van der Waals surface area contributed by atoms with Gasteiger partial charge in [0.1, 0.15) is 18.2 Å². The van der Waals surface area contributed by atoms with Crippen LogP contribution in [0.2, 0.25) is 0 Å². The Hall–Kier alpha value is -2.34. The Morgan fingerprint density at radius 3 is 2.53 bits per heavy atom. The molecule has 3 heteroatoms. The average Bonchev–Trinajstić information content (AvgIpc) is 2.40. The first-order chi connectivity index (χ1) is 9.19. The molecular formula is C16H14FNO. The fraction of sp³-hybridized carbons (Fsp3) is 0.188. The van der Waals surface area contributed by atoms with Gasteiger partial charge in [0.2, 0.25) is 0 Å². The first-order valence-corrected chi connectivity index (χ1v) is 6.03. The highest BCUT2D eigenvalue weighted by atomic mass is 19.1. The highest BCUT2D eigenvalue weighted by molar-refractivity contribution is 5.30. The summed E-state index contributed by atoms with van der Waals surface area (Å²) >= 11 is 0. The molecule has 2 aromatic rings. The van der Waals surface area contributed by atoms with Crippen LogP contribution >= 0.6 is 0 Å². The predicted octanol–water partition coefficient (Wildman–Crippen LogP) is 3.78. The van der Waals surface area contributed by atoms with E-state index in [0.717, 1.165) is 22.4 Å². The number of ether oxygens (including phenoxy) is 1. The van der Waals surface area contributed by atoms with Crippen molar-refractivity contribution in [2.75, 3.05) is 0 Å². The minimum atomic E-state index is -0.234. The van der Waals surface area contributed by atoms with Gasteiger partial charge in [-0.1, -0.05) is 18.2 Å². The third-order valence-electron chi connectivity index (χ3n) is 2.91. The van der Waals surface area contributed by atoms with Gasteiger partial charge in [-0.3, -0.25) is 0 Å². The maximum Gasteiger partial charge on any atom is 0.123 e. The molecule has 0 fully saturated rings. The Morgan fingerprint density at radius 2 is 1.89 bits per heavy atom. The van der Waals surface area contributed by atoms with Crippen LogP contribution in [0.15, 0.2) is 42.5 Å². The van der Waals surface area contributed by atoms with E-state index in [1.54, 1.807) is 6.07 Å². The van der Waals surface area contributed by atoms with Gasteiger partial charge in [-0.05, 0) is 47.9 Å². The van der Waals surface area contributed by atoms with E-state index in [1.807, 2.05) is 31.2 Å². The van der Waals surface area contributed by atoms with E-state index in [-0.39, 0.29) is 5.82 Å². The highest BCUT2D eigenvalue weighted by Gasteiger charge is 2.01. The zero-order valence-electron chi connectivity index (χ0n) is 10.7. The number of rotatable bonds is 4. The van der Waals surface area contributed by atoms with Crippen LogP contribution in [0.5, 0.6) is 5.75 Å². The maximum atomic E-state index is 13.0. The Kier molecular flexibility index (Phi) is 4.15. The van der Waals surface area contributed by atoms with Gasteiger partial charge in [0.25, 0.3) is 0 Å². The first kappa shape index (κ1) is 13.1. The molecule has 2 nitrogen and oxygen atoms in total. The van der Waals surface area contributed by atoms with Crippen LogP contribution in [-0.4, -0.2) is 0 Å². The second kappa shape index (κ2) is 6.01. The number of nitriles is 1. The van der Waals surface area contributed by atoms with Crippen molar-refractivity contribution < 1.29 is 9.13 Å². The lowest BCUT2D eigenvalue weighted by atomic mass is 10.1. The van der Waals surface area contributed by atoms with E-state index in [1.165, 1.54) is 12.1 Å². The summed E-state index contributed by atoms with van der Waals surface area (Å²) in [4.78, 5) is 0. The summed E-state index contributed by atoms with van der Waals surface area (Å²) in [5.74, 6) is 0.507. The molecule has 0 aromatic heterocycles. The average molecular weight is 255 g/mol. The van der Waals surface area contributed by atoms with E-state index in [9.17, 15) is 4.39 Å². The van der Waals surface area contributed by atoms with E-state index in [4.69, 9.17) is 10.00 Å². The normalized spacial score (nSPS) is 9.95. The number of hydrogen-bond donors (Lipinski definition) is 0. The standard InChI is InChI=1S/C16H14FNO/c1-12-10-15(17)5-4-14(12)11-19-16-6-2-13(3-7-16)8-9-18/h2-7,10H,8,11H2,1H3. The lowest BCUT2D eigenvalue weighted by Crippen LogP contribution is -1.98. The van der Waals surface area contributed by atoms with Crippen molar-refractivity contribution in [3.05, 3.63) is 65.0 Å². The number of halogens is 1. The summed E-state index contributed by atoms with van der Waals surface area (Å²) in [6, 6.07) is 14.2. The largest absolute Gasteiger partial charge is 0.489 e. The van der Waals surface area contributed by atoms with Crippen molar-refractivity contribution in [3.63, 3.8) is 0 Å². The van der Waals surface area contributed by atoms with Crippen LogP contribution in [0, 0.1) is 24.1 Å². The molecule has 96 valence electrons. The molecule has 0 saturated heterocycles. The SMILES string of the molecule is Cc1cc(F)ccc1COc1ccc(CC#N)cc1. The second-order valence-electron chi connectivity index (χ2n) is 4.34. The smallest absolute Gasteiger partial charge is 0.123 e. The zero-order chi connectivity index (χ0) is 13.7. The molecule has 0 aliphatic carbocycles. The Bertz CT molecular complexity index is 599. The molecule has 0 spiro atoms. The van der Waals surface area contributed by atoms with E-state index in [2.05, 4.69) is 6.07 Å². The summed E-state index contributed by atoms with van der Waals surface area (Å²) < 4.78 is 18.6. The summed E-state index contributed by atoms with van der Waals surface area (Å²) in [5.41, 5.74) is 2.80. The van der Waals surface area contributed by atoms with Crippen LogP contribution in [0.4, 0.5) is 4.39 Å². The zero-order valence-corrected chi connectivity index (χ0v) is 10.7. The van der Waals surface area contributed by atoms with Gasteiger partial charge < -0.3 is 4.74 Å². The van der Waals surface area contributed by atoms with Crippen LogP contribution in [0.25, 0.3) is 0 Å². The summed E-state index contributed by atoms with van der Waals surface area (Å²) in [7, 11) is 0. The van der Waals surface area contributed by atoms with Crippen molar-refractivity contribution in [2.24, 2.45) is 0 Å². The van der Waals surface area contributed by atoms with Crippen LogP contribution in [0.1, 0.15) is 16.7 Å². The van der Waals surface area contributed by atoms with Crippen molar-refractivity contribution in [2.45, 2.75) is 20.0 Å². The predicted molar refractivity (Wildman–Crippen MR) is 71.2 cm³/mol. The lowest BCUT2D eigenvalue weighted by molar-refractivity contribution is 0.305. The minimum Gasteiger partial charge on any atom is -0.489 e. The molecule has 0 aliphatic heterocycles. The number of aryl methyl sites for hydroxylation is 1. The Morgan fingerprint density at radius 1 is 1.16 bits per heavy atom. The lowest BCUT2D eigenvalue weighted by Gasteiger charge is -2.09. The third kappa shape index (κ3) is 3.56. The van der Waals surface area contributed by atoms with Gasteiger partial charge in [0.05, 0.1) is 12.5 Å². The van der Waals surface area contributed by atoms with E-state index < -0.39 is 0 Å². The van der Waals surface area contributed by atoms with Crippen LogP contribution in [-0.2, 0) is 13.0 Å². The van der Waals surface area contributed by atoms with Gasteiger partial charge >= 0.3 is 0 Å². The highest BCUT2D eigenvalue weighted by Crippen LogP contribution is 2.16. The first-order valence-electron chi connectivity index (χ1n) is 6.03. The van der Waals surface area contributed by atoms with Gasteiger partial charge in [-0.25, -0.2) is 4.39 Å². The molecule has 0 unspecified atom stereocenters. The number of hydrogen-bond acceptors (Lipinski definition) is 2. The third-order valence-corrected chi connectivity index (χ3v) is 2.91. The molecule has 0 radical (unpaired) electrons. The molecule has 2 rings (SSSR count). The molecule has 0 atom stereocenters. The van der Waals surface area contributed by atoms with Gasteiger partial charge in [0, 0.05) is 0 Å². The number of nitrogens with zero attached hydrogens (tertiary/aromatic N) is 1. The van der Waals surface area contributed by atoms with E-state index in [0.29, 0.717) is 13.0 Å². The van der Waals surface area contributed by atoms with Gasteiger partial charge in [-0.2, -0.15) is 5.26 Å². The fourth-order valence-electron chi connectivity index (χ4n) is 1.78. The van der Waals surface area contributed by atoms with Gasteiger partial charge in [0.15, 0.2) is 0 Å². The van der Waals surface area contributed by atoms with Crippen LogP contribution < -0.4 is 4.74 Å². The van der Waals surface area contributed by atoms with Gasteiger partial charge in [-0.15, -0.1) is 0 Å². The number of benzene rings is 2. The van der Waals surface area contributed by atoms with Crippen molar-refractivity contribution in [1.29, 1.82) is 5.26 Å². The molecule has 0 saturated carbocycles. The molecule has 2 aromatic carbocycles. The Labute approximate surface area is 112 Å². The molecule has 0 aliphatic rings. The maximum absolute atomic E-state index is 13.0. The van der Waals surface area contributed by atoms with Crippen molar-refractivity contribution >= 4 is 0 Å². The summed E-state index contributed by atoms with van der Waals surface area (Å²) in [6.45, 7) is 2.27. The summed E-state index contributed by atoms with van der Waals surface area (Å²) in [6.07, 6.45) is 0.400. The van der Waals surface area contributed by atoms with Crippen LogP contribution in [0.3, 0.4) is 0 Å².